The van der Waals surface area contributed by atoms with Crippen molar-refractivity contribution in [1.82, 2.24) is 15.1 Å². The summed E-state index contributed by atoms with van der Waals surface area (Å²) in [7, 11) is 1.39. The summed E-state index contributed by atoms with van der Waals surface area (Å²) in [6, 6.07) is 14.9. The van der Waals surface area contributed by atoms with Gasteiger partial charge in [0.1, 0.15) is 0 Å². The number of aryl methyl sites for hydroxylation is 1. The zero-order valence-electron chi connectivity index (χ0n) is 15.4. The smallest absolute Gasteiger partial charge is 0.330 e. The summed E-state index contributed by atoms with van der Waals surface area (Å²) >= 11 is 0. The van der Waals surface area contributed by atoms with E-state index < -0.39 is 0 Å². The molecular formula is C22H23N3O2. The standard InChI is InChI=1S/C22H23N3O2/c1-27-22(26)11-7-16-6-9-19-17(14-16)8-10-21(19)23-12-13-25-15-18-4-2-3-5-20(18)24-25/h2-7,9,11,14-15,21,23H,8,10,12-13H2,1H3/b11-7+. The Morgan fingerprint density at radius 3 is 3.07 bits per heavy atom. The molecule has 0 saturated carbocycles. The van der Waals surface area contributed by atoms with Crippen LogP contribution in [0.2, 0.25) is 0 Å². The molecule has 3 aromatic rings. The fraction of sp³-hybridized carbons (Fsp3) is 0.273. The third-order valence-electron chi connectivity index (χ3n) is 5.05. The number of aromatic nitrogens is 2. The second-order valence-corrected chi connectivity index (χ2v) is 6.81. The largest absolute Gasteiger partial charge is 0.466 e. The summed E-state index contributed by atoms with van der Waals surface area (Å²) in [6.45, 7) is 1.72. The topological polar surface area (TPSA) is 56.1 Å². The second-order valence-electron chi connectivity index (χ2n) is 6.81. The first-order valence-electron chi connectivity index (χ1n) is 9.27. The van der Waals surface area contributed by atoms with Gasteiger partial charge >= 0.3 is 5.97 Å². The van der Waals surface area contributed by atoms with Crippen LogP contribution in [0, 0.1) is 0 Å². The molecule has 0 bridgehead atoms. The van der Waals surface area contributed by atoms with Crippen molar-refractivity contribution >= 4 is 22.9 Å². The van der Waals surface area contributed by atoms with Gasteiger partial charge in [-0.15, -0.1) is 0 Å². The molecule has 1 N–H and O–H groups in total. The maximum absolute atomic E-state index is 11.2. The van der Waals surface area contributed by atoms with E-state index in [0.717, 1.165) is 37.0 Å². The maximum atomic E-state index is 11.2. The van der Waals surface area contributed by atoms with Gasteiger partial charge in [-0.1, -0.05) is 36.4 Å². The van der Waals surface area contributed by atoms with Crippen LogP contribution in [0.15, 0.2) is 54.7 Å². The molecule has 2 aromatic carbocycles. The second kappa shape index (κ2) is 7.76. The molecule has 0 radical (unpaired) electrons. The Bertz CT molecular complexity index is 957. The number of benzene rings is 2. The Morgan fingerprint density at radius 1 is 1.33 bits per heavy atom. The van der Waals surface area contributed by atoms with Crippen molar-refractivity contribution in [3.05, 3.63) is 71.4 Å². The lowest BCUT2D eigenvalue weighted by Gasteiger charge is -2.14. The minimum Gasteiger partial charge on any atom is -0.466 e. The van der Waals surface area contributed by atoms with Crippen LogP contribution in [0.1, 0.15) is 29.2 Å². The van der Waals surface area contributed by atoms with Crippen LogP contribution >= 0.6 is 0 Å². The van der Waals surface area contributed by atoms with E-state index in [1.807, 2.05) is 22.9 Å². The highest BCUT2D eigenvalue weighted by Crippen LogP contribution is 2.31. The summed E-state index contributed by atoms with van der Waals surface area (Å²) < 4.78 is 6.65. The normalized spacial score (nSPS) is 16.1. The third-order valence-corrected chi connectivity index (χ3v) is 5.05. The first-order valence-corrected chi connectivity index (χ1v) is 9.27. The van der Waals surface area contributed by atoms with Gasteiger partial charge in [0.15, 0.2) is 0 Å². The molecule has 0 saturated heterocycles. The predicted molar refractivity (Wildman–Crippen MR) is 106 cm³/mol. The lowest BCUT2D eigenvalue weighted by Crippen LogP contribution is -2.24. The van der Waals surface area contributed by atoms with Gasteiger partial charge < -0.3 is 10.1 Å². The highest BCUT2D eigenvalue weighted by Gasteiger charge is 2.21. The number of hydrogen-bond acceptors (Lipinski definition) is 4. The van der Waals surface area contributed by atoms with Gasteiger partial charge in [0.2, 0.25) is 0 Å². The minimum absolute atomic E-state index is 0.332. The van der Waals surface area contributed by atoms with Gasteiger partial charge in [-0.2, -0.15) is 5.10 Å². The van der Waals surface area contributed by atoms with Crippen molar-refractivity contribution in [2.45, 2.75) is 25.4 Å². The molecule has 0 fully saturated rings. The van der Waals surface area contributed by atoms with E-state index in [2.05, 4.69) is 45.6 Å². The zero-order chi connectivity index (χ0) is 18.6. The monoisotopic (exact) mass is 361 g/mol. The first-order chi connectivity index (χ1) is 13.2. The van der Waals surface area contributed by atoms with Gasteiger partial charge in [0.05, 0.1) is 19.2 Å². The fourth-order valence-electron chi connectivity index (χ4n) is 3.67. The number of nitrogens with one attached hydrogen (secondary N) is 1. The summed E-state index contributed by atoms with van der Waals surface area (Å²) in [5.74, 6) is -0.332. The fourth-order valence-corrected chi connectivity index (χ4v) is 3.67. The van der Waals surface area contributed by atoms with Gasteiger partial charge in [-0.25, -0.2) is 4.79 Å². The minimum atomic E-state index is -0.332. The van der Waals surface area contributed by atoms with Crippen molar-refractivity contribution in [3.63, 3.8) is 0 Å². The van der Waals surface area contributed by atoms with Crippen LogP contribution in [0.3, 0.4) is 0 Å². The lowest BCUT2D eigenvalue weighted by molar-refractivity contribution is -0.134. The molecular weight excluding hydrogens is 338 g/mol. The first kappa shape index (κ1) is 17.5. The van der Waals surface area contributed by atoms with E-state index in [1.54, 1.807) is 6.08 Å². The molecule has 1 heterocycles. The molecule has 1 aliphatic rings. The molecule has 1 atom stereocenters. The number of fused-ring (bicyclic) bond motifs is 2. The zero-order valence-corrected chi connectivity index (χ0v) is 15.4. The van der Waals surface area contributed by atoms with Gasteiger partial charge in [-0.05, 0) is 41.7 Å². The Kier molecular flexibility index (Phi) is 5.03. The molecule has 1 aromatic heterocycles. The number of carbonyl (C=O) groups excluding carboxylic acids is 1. The molecule has 27 heavy (non-hydrogen) atoms. The van der Waals surface area contributed by atoms with Crippen LogP contribution in [0.25, 0.3) is 17.0 Å². The predicted octanol–water partition coefficient (Wildman–Crippen LogP) is 3.50. The van der Waals surface area contributed by atoms with Crippen LogP contribution in [0.5, 0.6) is 0 Å². The number of esters is 1. The summed E-state index contributed by atoms with van der Waals surface area (Å²) in [4.78, 5) is 11.2. The van der Waals surface area contributed by atoms with Crippen molar-refractivity contribution in [2.24, 2.45) is 0 Å². The summed E-state index contributed by atoms with van der Waals surface area (Å²) in [5, 5.41) is 9.44. The van der Waals surface area contributed by atoms with Crippen LogP contribution in [0.4, 0.5) is 0 Å². The number of methoxy groups -OCH3 is 1. The highest BCUT2D eigenvalue weighted by atomic mass is 16.5. The molecule has 5 nitrogen and oxygen atoms in total. The maximum Gasteiger partial charge on any atom is 0.330 e. The Hall–Kier alpha value is -2.92. The van der Waals surface area contributed by atoms with E-state index in [-0.39, 0.29) is 5.97 Å². The van der Waals surface area contributed by atoms with Gasteiger partial charge in [0.25, 0.3) is 0 Å². The Morgan fingerprint density at radius 2 is 2.22 bits per heavy atom. The van der Waals surface area contributed by atoms with E-state index >= 15 is 0 Å². The van der Waals surface area contributed by atoms with Crippen molar-refractivity contribution in [1.29, 1.82) is 0 Å². The third kappa shape index (κ3) is 3.93. The van der Waals surface area contributed by atoms with E-state index in [0.29, 0.717) is 6.04 Å². The van der Waals surface area contributed by atoms with E-state index in [1.165, 1.54) is 29.7 Å². The van der Waals surface area contributed by atoms with Gasteiger partial charge in [0, 0.05) is 30.2 Å². The van der Waals surface area contributed by atoms with Crippen LogP contribution in [-0.4, -0.2) is 29.4 Å². The number of ether oxygens (including phenoxy) is 1. The molecule has 0 amide bonds. The van der Waals surface area contributed by atoms with Crippen molar-refractivity contribution in [3.8, 4) is 0 Å². The van der Waals surface area contributed by atoms with Crippen LogP contribution < -0.4 is 5.32 Å². The molecule has 4 rings (SSSR count). The average molecular weight is 361 g/mol. The molecule has 0 spiro atoms. The number of carbonyl (C=O) groups is 1. The molecule has 1 aliphatic carbocycles. The van der Waals surface area contributed by atoms with E-state index in [4.69, 9.17) is 0 Å². The lowest BCUT2D eigenvalue weighted by atomic mass is 10.0. The summed E-state index contributed by atoms with van der Waals surface area (Å²) in [5.41, 5.74) is 4.78. The number of hydrogen-bond donors (Lipinski definition) is 1. The number of rotatable bonds is 6. The number of nitrogens with zero attached hydrogens (tertiary/aromatic N) is 2. The van der Waals surface area contributed by atoms with Crippen molar-refractivity contribution in [2.75, 3.05) is 13.7 Å². The van der Waals surface area contributed by atoms with Crippen molar-refractivity contribution < 1.29 is 9.53 Å². The van der Waals surface area contributed by atoms with Gasteiger partial charge in [-0.3, -0.25) is 4.68 Å². The van der Waals surface area contributed by atoms with E-state index in [9.17, 15) is 4.79 Å². The Labute approximate surface area is 158 Å². The molecule has 5 heteroatoms. The molecule has 138 valence electrons. The molecule has 0 aliphatic heterocycles. The SMILES string of the molecule is COC(=O)/C=C/c1ccc2c(c1)CCC2NCCn1cc2ccccc2n1. The Balaban J connectivity index is 1.36. The highest BCUT2D eigenvalue weighted by molar-refractivity contribution is 5.87. The molecule has 1 unspecified atom stereocenters. The van der Waals surface area contributed by atoms with Crippen LogP contribution in [-0.2, 0) is 22.5 Å². The quantitative estimate of drug-likeness (QED) is 0.539. The average Bonchev–Trinajstić information content (AvgIpc) is 3.29. The summed E-state index contributed by atoms with van der Waals surface area (Å²) in [6.07, 6.45) is 7.51.